The highest BCUT2D eigenvalue weighted by atomic mass is 15.6. The maximum Gasteiger partial charge on any atom is 0.0491 e. The van der Waals surface area contributed by atoms with E-state index in [-0.39, 0.29) is 0 Å². The van der Waals surface area contributed by atoms with Crippen molar-refractivity contribution in [2.75, 3.05) is 6.54 Å². The Hall–Kier alpha value is -0.800. The standard InChI is InChI=1S/C10H20N4/c11-12-13-14-7-3-6-10(14)8-9-4-1-2-5-9/h9-10H,1-8H2,(H2,11,13). The molecule has 0 aromatic carbocycles. The Kier molecular flexibility index (Phi) is 3.22. The molecule has 14 heavy (non-hydrogen) atoms. The van der Waals surface area contributed by atoms with Gasteiger partial charge in [0.1, 0.15) is 0 Å². The molecule has 0 radical (unpaired) electrons. The van der Waals surface area contributed by atoms with Gasteiger partial charge in [0.15, 0.2) is 0 Å². The summed E-state index contributed by atoms with van der Waals surface area (Å²) in [4.78, 5) is 0. The van der Waals surface area contributed by atoms with Gasteiger partial charge in [0.2, 0.25) is 0 Å². The zero-order valence-corrected chi connectivity index (χ0v) is 8.73. The molecule has 80 valence electrons. The molecule has 2 rings (SSSR count). The quantitative estimate of drug-likeness (QED) is 0.427. The first kappa shape index (κ1) is 9.74. The summed E-state index contributed by atoms with van der Waals surface area (Å²) >= 11 is 0. The number of hydrogen-bond acceptors (Lipinski definition) is 2. The van der Waals surface area contributed by atoms with Crippen LogP contribution in [0.1, 0.15) is 44.9 Å². The molecule has 0 aromatic rings. The maximum atomic E-state index is 5.10. The lowest BCUT2D eigenvalue weighted by atomic mass is 9.97. The summed E-state index contributed by atoms with van der Waals surface area (Å²) in [5.41, 5.74) is 0. The fourth-order valence-electron chi connectivity index (χ4n) is 2.87. The number of hydrogen-bond donors (Lipinski definition) is 1. The Morgan fingerprint density at radius 1 is 1.14 bits per heavy atom. The Morgan fingerprint density at radius 2 is 1.93 bits per heavy atom. The molecular weight excluding hydrogens is 176 g/mol. The molecule has 1 aliphatic carbocycles. The second kappa shape index (κ2) is 4.62. The van der Waals surface area contributed by atoms with Crippen molar-refractivity contribution < 1.29 is 0 Å². The topological polar surface area (TPSA) is 54.0 Å². The average molecular weight is 196 g/mol. The van der Waals surface area contributed by atoms with Gasteiger partial charge in [0.25, 0.3) is 0 Å². The van der Waals surface area contributed by atoms with Crippen molar-refractivity contribution in [1.82, 2.24) is 5.01 Å². The fourth-order valence-corrected chi connectivity index (χ4v) is 2.87. The molecule has 0 aromatic heterocycles. The van der Waals surface area contributed by atoms with Crippen molar-refractivity contribution in [3.63, 3.8) is 0 Å². The highest BCUT2D eigenvalue weighted by Crippen LogP contribution is 2.32. The second-order valence-electron chi connectivity index (χ2n) is 4.55. The zero-order chi connectivity index (χ0) is 9.80. The highest BCUT2D eigenvalue weighted by molar-refractivity contribution is 4.80. The monoisotopic (exact) mass is 196 g/mol. The molecule has 0 spiro atoms. The smallest absolute Gasteiger partial charge is 0.0491 e. The molecule has 0 bridgehead atoms. The molecular formula is C10H20N4. The van der Waals surface area contributed by atoms with Gasteiger partial charge in [0, 0.05) is 12.6 Å². The van der Waals surface area contributed by atoms with Gasteiger partial charge in [-0.05, 0) is 25.2 Å². The van der Waals surface area contributed by atoms with Crippen molar-refractivity contribution in [2.24, 2.45) is 22.2 Å². The zero-order valence-electron chi connectivity index (χ0n) is 8.73. The van der Waals surface area contributed by atoms with Crippen LogP contribution in [-0.4, -0.2) is 17.6 Å². The van der Waals surface area contributed by atoms with Gasteiger partial charge in [-0.1, -0.05) is 36.1 Å². The van der Waals surface area contributed by atoms with E-state index in [1.807, 2.05) is 0 Å². The minimum Gasteiger partial charge on any atom is -0.303 e. The predicted octanol–water partition coefficient (Wildman–Crippen LogP) is 2.27. The second-order valence-corrected chi connectivity index (χ2v) is 4.55. The van der Waals surface area contributed by atoms with E-state index < -0.39 is 0 Å². The lowest BCUT2D eigenvalue weighted by Crippen LogP contribution is -2.26. The number of nitrogens with zero attached hydrogens (tertiary/aromatic N) is 3. The van der Waals surface area contributed by atoms with Crippen molar-refractivity contribution >= 4 is 0 Å². The van der Waals surface area contributed by atoms with Crippen LogP contribution in [-0.2, 0) is 0 Å². The molecule has 2 fully saturated rings. The van der Waals surface area contributed by atoms with E-state index in [4.69, 9.17) is 5.84 Å². The summed E-state index contributed by atoms with van der Waals surface area (Å²) in [5.74, 6) is 6.03. The first-order valence-corrected chi connectivity index (χ1v) is 5.77. The van der Waals surface area contributed by atoms with Crippen LogP contribution in [0.3, 0.4) is 0 Å². The van der Waals surface area contributed by atoms with Crippen LogP contribution < -0.4 is 5.84 Å². The van der Waals surface area contributed by atoms with E-state index >= 15 is 0 Å². The maximum absolute atomic E-state index is 5.10. The van der Waals surface area contributed by atoms with Crippen molar-refractivity contribution in [3.8, 4) is 0 Å². The van der Waals surface area contributed by atoms with E-state index in [0.717, 1.165) is 12.5 Å². The van der Waals surface area contributed by atoms with Gasteiger partial charge in [0.05, 0.1) is 0 Å². The lowest BCUT2D eigenvalue weighted by Gasteiger charge is -2.22. The van der Waals surface area contributed by atoms with Gasteiger partial charge in [-0.25, -0.2) is 0 Å². The molecule has 1 unspecified atom stereocenters. The Balaban J connectivity index is 1.83. The van der Waals surface area contributed by atoms with Crippen LogP contribution in [0.2, 0.25) is 0 Å². The molecule has 2 N–H and O–H groups in total. The summed E-state index contributed by atoms with van der Waals surface area (Å²) in [6.07, 6.45) is 9.52. The van der Waals surface area contributed by atoms with Crippen LogP contribution in [0, 0.1) is 5.92 Å². The number of rotatable bonds is 3. The van der Waals surface area contributed by atoms with E-state index in [0.29, 0.717) is 6.04 Å². The Bertz CT molecular complexity index is 198. The van der Waals surface area contributed by atoms with E-state index in [1.165, 1.54) is 44.9 Å². The van der Waals surface area contributed by atoms with Crippen LogP contribution in [0.15, 0.2) is 10.4 Å². The molecule has 4 nitrogen and oxygen atoms in total. The summed E-state index contributed by atoms with van der Waals surface area (Å²) in [6, 6.07) is 0.616. The normalized spacial score (nSPS) is 29.4. The first-order chi connectivity index (χ1) is 6.90. The molecule has 2 aliphatic rings. The summed E-state index contributed by atoms with van der Waals surface area (Å²) in [6.45, 7) is 1.04. The highest BCUT2D eigenvalue weighted by Gasteiger charge is 2.27. The van der Waals surface area contributed by atoms with Crippen molar-refractivity contribution in [3.05, 3.63) is 0 Å². The van der Waals surface area contributed by atoms with Gasteiger partial charge in [-0.3, -0.25) is 5.01 Å². The predicted molar refractivity (Wildman–Crippen MR) is 55.3 cm³/mol. The Labute approximate surface area is 85.5 Å². The average Bonchev–Trinajstić information content (AvgIpc) is 2.80. The summed E-state index contributed by atoms with van der Waals surface area (Å²) in [5, 5.41) is 9.46. The molecule has 4 heteroatoms. The van der Waals surface area contributed by atoms with Gasteiger partial charge in [-0.2, -0.15) is 0 Å². The summed E-state index contributed by atoms with van der Waals surface area (Å²) < 4.78 is 0. The van der Waals surface area contributed by atoms with Crippen molar-refractivity contribution in [2.45, 2.75) is 51.0 Å². The molecule has 1 saturated carbocycles. The SMILES string of the molecule is N/N=N/N1CCCC1CC1CCCC1. The van der Waals surface area contributed by atoms with Crippen LogP contribution >= 0.6 is 0 Å². The third-order valence-corrected chi connectivity index (χ3v) is 3.59. The van der Waals surface area contributed by atoms with E-state index in [1.54, 1.807) is 0 Å². The lowest BCUT2D eigenvalue weighted by molar-refractivity contribution is 0.211. The first-order valence-electron chi connectivity index (χ1n) is 5.77. The molecule has 1 saturated heterocycles. The third kappa shape index (κ3) is 2.16. The van der Waals surface area contributed by atoms with Crippen LogP contribution in [0.4, 0.5) is 0 Å². The molecule has 0 amide bonds. The molecule has 1 aliphatic heterocycles. The van der Waals surface area contributed by atoms with E-state index in [9.17, 15) is 0 Å². The minimum absolute atomic E-state index is 0.616. The van der Waals surface area contributed by atoms with Crippen LogP contribution in [0.25, 0.3) is 0 Å². The fraction of sp³-hybridized carbons (Fsp3) is 1.00. The molecule has 1 heterocycles. The van der Waals surface area contributed by atoms with Gasteiger partial charge < -0.3 is 5.84 Å². The summed E-state index contributed by atoms with van der Waals surface area (Å²) in [7, 11) is 0. The number of nitrogens with two attached hydrogens (primary N) is 1. The van der Waals surface area contributed by atoms with Crippen LogP contribution in [0.5, 0.6) is 0 Å². The minimum atomic E-state index is 0.616. The van der Waals surface area contributed by atoms with Crippen molar-refractivity contribution in [1.29, 1.82) is 0 Å². The third-order valence-electron chi connectivity index (χ3n) is 3.59. The van der Waals surface area contributed by atoms with E-state index in [2.05, 4.69) is 15.5 Å². The Morgan fingerprint density at radius 3 is 2.64 bits per heavy atom. The van der Waals surface area contributed by atoms with Gasteiger partial charge >= 0.3 is 0 Å². The molecule has 1 atom stereocenters. The van der Waals surface area contributed by atoms with Gasteiger partial charge in [-0.15, -0.1) is 0 Å². The largest absolute Gasteiger partial charge is 0.303 e.